The number of rotatable bonds is 9. The third kappa shape index (κ3) is 5.97. The lowest BCUT2D eigenvalue weighted by atomic mass is 10.1. The SMILES string of the molecule is CN1CC[C@H](Oc2cccc(-c3ccnc(CNCC[C@H]4CN(c5ccc6c(n5)NC(=O)CO6)C(=O)O4)c3)n2)C1. The maximum Gasteiger partial charge on any atom is 0.415 e. The predicted octanol–water partition coefficient (Wildman–Crippen LogP) is 2.46. The van der Waals surface area contributed by atoms with Gasteiger partial charge in [0.05, 0.1) is 17.9 Å². The molecule has 3 aromatic heterocycles. The number of hydrogen-bond donors (Lipinski definition) is 2. The van der Waals surface area contributed by atoms with Crippen LogP contribution in [-0.4, -0.2) is 83.9 Å². The zero-order valence-corrected chi connectivity index (χ0v) is 22.2. The number of aromatic nitrogens is 3. The lowest BCUT2D eigenvalue weighted by Gasteiger charge is -2.19. The van der Waals surface area contributed by atoms with Crippen molar-refractivity contribution in [3.05, 3.63) is 54.4 Å². The molecule has 12 heteroatoms. The van der Waals surface area contributed by atoms with Crippen molar-refractivity contribution in [2.45, 2.75) is 31.6 Å². The van der Waals surface area contributed by atoms with E-state index in [1.54, 1.807) is 18.3 Å². The maximum atomic E-state index is 12.5. The number of hydrogen-bond acceptors (Lipinski definition) is 10. The summed E-state index contributed by atoms with van der Waals surface area (Å²) in [5.74, 6) is 1.54. The number of cyclic esters (lactones) is 1. The van der Waals surface area contributed by atoms with Crippen LogP contribution in [0.5, 0.6) is 11.6 Å². The Morgan fingerprint density at radius 3 is 2.95 bits per heavy atom. The second-order valence-electron chi connectivity index (χ2n) is 10.1. The quantitative estimate of drug-likeness (QED) is 0.387. The number of pyridine rings is 3. The van der Waals surface area contributed by atoms with Crippen molar-refractivity contribution >= 4 is 23.6 Å². The summed E-state index contributed by atoms with van der Waals surface area (Å²) in [6.45, 7) is 3.47. The molecule has 2 saturated heterocycles. The Labute approximate surface area is 231 Å². The molecule has 0 spiro atoms. The molecule has 0 saturated carbocycles. The van der Waals surface area contributed by atoms with Gasteiger partial charge in [-0.05, 0) is 56.8 Å². The van der Waals surface area contributed by atoms with E-state index in [9.17, 15) is 9.59 Å². The number of likely N-dealkylation sites (N-methyl/N-ethyl adjacent to an activating group) is 1. The van der Waals surface area contributed by atoms with Crippen LogP contribution in [0.25, 0.3) is 11.3 Å². The highest BCUT2D eigenvalue weighted by atomic mass is 16.6. The van der Waals surface area contributed by atoms with Crippen LogP contribution in [0.4, 0.5) is 16.4 Å². The van der Waals surface area contributed by atoms with E-state index in [2.05, 4.69) is 32.5 Å². The summed E-state index contributed by atoms with van der Waals surface area (Å²) in [5.41, 5.74) is 2.70. The highest BCUT2D eigenvalue weighted by Crippen LogP contribution is 2.30. The van der Waals surface area contributed by atoms with Crippen LogP contribution in [0.3, 0.4) is 0 Å². The number of ether oxygens (including phenoxy) is 3. The molecule has 12 nitrogen and oxygen atoms in total. The standard InChI is InChI=1S/C28H31N7O5/c1-34-12-9-21(15-34)39-26-4-2-3-22(31-26)18-7-11-30-19(13-18)14-29-10-8-20-16-35(28(37)40-20)24-6-5-23-27(32-24)33-25(36)17-38-23/h2-7,11,13,20-21,29H,8-10,12,14-17H2,1H3,(H,32,33,36)/t20-,21-/m0/s1. The Morgan fingerprint density at radius 1 is 1.15 bits per heavy atom. The Hall–Kier alpha value is -4.29. The van der Waals surface area contributed by atoms with Crippen molar-refractivity contribution in [3.8, 4) is 22.9 Å². The van der Waals surface area contributed by atoms with Crippen LogP contribution in [0.15, 0.2) is 48.7 Å². The van der Waals surface area contributed by atoms with Crippen molar-refractivity contribution in [1.29, 1.82) is 0 Å². The maximum absolute atomic E-state index is 12.5. The van der Waals surface area contributed by atoms with Gasteiger partial charge in [0.15, 0.2) is 18.2 Å². The van der Waals surface area contributed by atoms with Crippen LogP contribution in [0, 0.1) is 0 Å². The summed E-state index contributed by atoms with van der Waals surface area (Å²) < 4.78 is 17.0. The van der Waals surface area contributed by atoms with Crippen LogP contribution in [0.2, 0.25) is 0 Å². The molecule has 0 aliphatic carbocycles. The van der Waals surface area contributed by atoms with E-state index in [1.165, 1.54) is 4.90 Å². The summed E-state index contributed by atoms with van der Waals surface area (Å²) in [6, 6.07) is 13.2. The first kappa shape index (κ1) is 26.0. The van der Waals surface area contributed by atoms with Crippen LogP contribution >= 0.6 is 0 Å². The van der Waals surface area contributed by atoms with E-state index in [0.717, 1.165) is 36.5 Å². The molecule has 2 N–H and O–H groups in total. The normalized spacial score (nSPS) is 20.6. The van der Waals surface area contributed by atoms with E-state index in [4.69, 9.17) is 19.2 Å². The van der Waals surface area contributed by atoms with Crippen LogP contribution in [-0.2, 0) is 16.1 Å². The summed E-state index contributed by atoms with van der Waals surface area (Å²) in [7, 11) is 2.10. The van der Waals surface area contributed by atoms with Crippen molar-refractivity contribution in [2.75, 3.05) is 50.1 Å². The van der Waals surface area contributed by atoms with Crippen LogP contribution < -0.4 is 25.0 Å². The van der Waals surface area contributed by atoms with Crippen molar-refractivity contribution in [1.82, 2.24) is 25.2 Å². The third-order valence-corrected chi connectivity index (χ3v) is 7.03. The number of nitrogens with one attached hydrogen (secondary N) is 2. The molecule has 3 aromatic rings. The molecule has 0 unspecified atom stereocenters. The van der Waals surface area contributed by atoms with Gasteiger partial charge in [0.1, 0.15) is 18.0 Å². The third-order valence-electron chi connectivity index (χ3n) is 7.03. The molecule has 0 bridgehead atoms. The highest BCUT2D eigenvalue weighted by molar-refractivity contribution is 5.95. The minimum Gasteiger partial charge on any atom is -0.480 e. The van der Waals surface area contributed by atoms with Gasteiger partial charge in [0, 0.05) is 37.5 Å². The largest absolute Gasteiger partial charge is 0.480 e. The number of likely N-dealkylation sites (tertiary alicyclic amines) is 1. The Kier molecular flexibility index (Phi) is 7.43. The van der Waals surface area contributed by atoms with Crippen molar-refractivity contribution in [2.24, 2.45) is 0 Å². The number of amides is 2. The first-order valence-electron chi connectivity index (χ1n) is 13.4. The van der Waals surface area contributed by atoms with E-state index >= 15 is 0 Å². The van der Waals surface area contributed by atoms with Crippen LogP contribution in [0.1, 0.15) is 18.5 Å². The summed E-state index contributed by atoms with van der Waals surface area (Å²) >= 11 is 0. The molecule has 3 aliphatic rings. The van der Waals surface area contributed by atoms with Gasteiger partial charge in [-0.25, -0.2) is 14.8 Å². The lowest BCUT2D eigenvalue weighted by molar-refractivity contribution is -0.118. The second kappa shape index (κ2) is 11.4. The van der Waals surface area contributed by atoms with Gasteiger partial charge in [-0.15, -0.1) is 0 Å². The Morgan fingerprint density at radius 2 is 2.08 bits per heavy atom. The first-order chi connectivity index (χ1) is 19.5. The number of nitrogens with zero attached hydrogens (tertiary/aromatic N) is 5. The van der Waals surface area contributed by atoms with E-state index in [0.29, 0.717) is 49.3 Å². The zero-order chi connectivity index (χ0) is 27.5. The molecular formula is C28H31N7O5. The minimum absolute atomic E-state index is 0.0493. The highest BCUT2D eigenvalue weighted by Gasteiger charge is 2.33. The lowest BCUT2D eigenvalue weighted by Crippen LogP contribution is -2.29. The molecule has 2 amide bonds. The Bertz CT molecular complexity index is 1400. The van der Waals surface area contributed by atoms with Gasteiger partial charge >= 0.3 is 6.09 Å². The molecule has 6 heterocycles. The summed E-state index contributed by atoms with van der Waals surface area (Å²) in [4.78, 5) is 41.4. The predicted molar refractivity (Wildman–Crippen MR) is 146 cm³/mol. The monoisotopic (exact) mass is 545 g/mol. The Balaban J connectivity index is 0.997. The first-order valence-corrected chi connectivity index (χ1v) is 13.4. The molecule has 0 radical (unpaired) electrons. The topological polar surface area (TPSA) is 131 Å². The smallest absolute Gasteiger partial charge is 0.415 e. The number of fused-ring (bicyclic) bond motifs is 1. The molecular weight excluding hydrogens is 514 g/mol. The molecule has 208 valence electrons. The van der Waals surface area contributed by atoms with Gasteiger partial charge in [-0.2, -0.15) is 0 Å². The molecule has 0 aromatic carbocycles. The average molecular weight is 546 g/mol. The molecule has 2 fully saturated rings. The fourth-order valence-electron chi connectivity index (χ4n) is 4.98. The van der Waals surface area contributed by atoms with Crippen molar-refractivity contribution < 1.29 is 23.8 Å². The summed E-state index contributed by atoms with van der Waals surface area (Å²) in [5, 5.41) is 6.04. The zero-order valence-electron chi connectivity index (χ0n) is 22.2. The van der Waals surface area contributed by atoms with Gasteiger partial charge < -0.3 is 29.7 Å². The van der Waals surface area contributed by atoms with Gasteiger partial charge in [-0.3, -0.25) is 14.7 Å². The molecule has 2 atom stereocenters. The fourth-order valence-corrected chi connectivity index (χ4v) is 4.98. The van der Waals surface area contributed by atoms with Gasteiger partial charge in [-0.1, -0.05) is 6.07 Å². The molecule has 6 rings (SSSR count). The molecule has 3 aliphatic heterocycles. The molecule has 40 heavy (non-hydrogen) atoms. The van der Waals surface area contributed by atoms with Crippen molar-refractivity contribution in [3.63, 3.8) is 0 Å². The number of anilines is 2. The minimum atomic E-state index is -0.464. The van der Waals surface area contributed by atoms with Gasteiger partial charge in [0.25, 0.3) is 5.91 Å². The number of carbonyl (C=O) groups is 2. The summed E-state index contributed by atoms with van der Waals surface area (Å²) in [6.07, 6.45) is 2.84. The van der Waals surface area contributed by atoms with E-state index < -0.39 is 6.09 Å². The van der Waals surface area contributed by atoms with E-state index in [1.807, 2.05) is 30.3 Å². The van der Waals surface area contributed by atoms with E-state index in [-0.39, 0.29) is 24.7 Å². The number of carbonyl (C=O) groups excluding carboxylic acids is 2. The average Bonchev–Trinajstić information content (AvgIpc) is 3.55. The fraction of sp³-hybridized carbons (Fsp3) is 0.393. The second-order valence-corrected chi connectivity index (χ2v) is 10.1. The van der Waals surface area contributed by atoms with Gasteiger partial charge in [0.2, 0.25) is 5.88 Å².